The predicted octanol–water partition coefficient (Wildman–Crippen LogP) is 6.53. The van der Waals surface area contributed by atoms with Crippen molar-refractivity contribution in [2.75, 3.05) is 39.8 Å². The van der Waals surface area contributed by atoms with E-state index in [0.717, 1.165) is 44.6 Å². The van der Waals surface area contributed by atoms with E-state index in [0.29, 0.717) is 17.4 Å². The second-order valence-corrected chi connectivity index (χ2v) is 15.1. The van der Waals surface area contributed by atoms with E-state index in [9.17, 15) is 4.79 Å². The van der Waals surface area contributed by atoms with Crippen molar-refractivity contribution in [2.24, 2.45) is 0 Å². The first-order valence-electron chi connectivity index (χ1n) is 14.6. The zero-order chi connectivity index (χ0) is 28.0. The Bertz CT molecular complexity index is 889. The maximum absolute atomic E-state index is 12.8. The van der Waals surface area contributed by atoms with Gasteiger partial charge in [0.2, 0.25) is 5.91 Å². The summed E-state index contributed by atoms with van der Waals surface area (Å²) in [5, 5.41) is 0.396. The summed E-state index contributed by atoms with van der Waals surface area (Å²) in [7, 11) is 2.16. The van der Waals surface area contributed by atoms with Crippen molar-refractivity contribution in [1.82, 2.24) is 4.90 Å². The molecule has 3 aliphatic rings. The Balaban J connectivity index is 0.00000533. The van der Waals surface area contributed by atoms with Crippen LogP contribution in [0.1, 0.15) is 96.8 Å². The third-order valence-corrected chi connectivity index (χ3v) is 12.8. The average molecular weight is 730 g/mol. The lowest BCUT2D eigenvalue weighted by Crippen LogP contribution is -3.00. The molecule has 0 aromatic rings. The summed E-state index contributed by atoms with van der Waals surface area (Å²) in [6, 6.07) is 0. The third-order valence-electron chi connectivity index (χ3n) is 8.74. The number of unbranched alkanes of at least 4 members (excludes halogenated alkanes) is 12. The molecule has 226 valence electrons. The molecule has 1 aliphatic heterocycles. The Kier molecular flexibility index (Phi) is 14.7. The molecule has 1 saturated heterocycles. The highest BCUT2D eigenvalue weighted by Gasteiger charge is 2.75. The summed E-state index contributed by atoms with van der Waals surface area (Å²) in [5.74, 6) is 0.269. The van der Waals surface area contributed by atoms with Gasteiger partial charge in [0.15, 0.2) is 4.33 Å². The summed E-state index contributed by atoms with van der Waals surface area (Å²) in [6.07, 6.45) is 19.5. The lowest BCUT2D eigenvalue weighted by molar-refractivity contribution is -0.908. The number of carbonyl (C=O) groups is 1. The SMILES string of the molecule is CCCCCCCCCCCCCCCC(=O)N1CC[N+](C)(CC2=CC3(Cl)C(Cl)=C(Cl)C2(Cl)C3(Cl)Cl)CC1.[Br-]. The second kappa shape index (κ2) is 15.7. The number of quaternary nitrogens is 1. The van der Waals surface area contributed by atoms with Crippen molar-refractivity contribution < 1.29 is 26.3 Å². The lowest BCUT2D eigenvalue weighted by Gasteiger charge is -2.44. The molecule has 39 heavy (non-hydrogen) atoms. The van der Waals surface area contributed by atoms with Crippen molar-refractivity contribution in [2.45, 2.75) is 111 Å². The first-order valence-corrected chi connectivity index (χ1v) is 16.8. The smallest absolute Gasteiger partial charge is 0.222 e. The quantitative estimate of drug-likeness (QED) is 0.0766. The molecule has 1 fully saturated rings. The number of likely N-dealkylation sites (N-methyl/N-ethyl adjacent to an activating group) is 1. The van der Waals surface area contributed by atoms with Crippen LogP contribution in [0, 0.1) is 0 Å². The van der Waals surface area contributed by atoms with Crippen molar-refractivity contribution >= 4 is 75.5 Å². The number of piperazine rings is 1. The zero-order valence-electron chi connectivity index (χ0n) is 23.5. The van der Waals surface area contributed by atoms with Crippen molar-refractivity contribution in [3.8, 4) is 0 Å². The van der Waals surface area contributed by atoms with Crippen LogP contribution in [0.5, 0.6) is 0 Å². The molecular weight excluding hydrogens is 685 g/mol. The van der Waals surface area contributed by atoms with Gasteiger partial charge in [-0.3, -0.25) is 4.79 Å². The first kappa shape index (κ1) is 36.3. The van der Waals surface area contributed by atoms with Crippen LogP contribution in [0.4, 0.5) is 0 Å². The topological polar surface area (TPSA) is 20.3 Å². The number of amides is 1. The molecule has 2 aliphatic carbocycles. The van der Waals surface area contributed by atoms with E-state index in [4.69, 9.17) is 69.6 Å². The van der Waals surface area contributed by atoms with E-state index < -0.39 is 14.1 Å². The number of nitrogens with zero attached hydrogens (tertiary/aromatic N) is 2. The number of halogens is 7. The summed E-state index contributed by atoms with van der Waals surface area (Å²) in [5.41, 5.74) is 0.794. The molecule has 10 heteroatoms. The van der Waals surface area contributed by atoms with Gasteiger partial charge in [0.1, 0.15) is 16.3 Å². The number of carbonyl (C=O) groups excluding carboxylic acids is 1. The summed E-state index contributed by atoms with van der Waals surface area (Å²) >= 11 is 39.8. The van der Waals surface area contributed by atoms with Crippen molar-refractivity contribution in [3.63, 3.8) is 0 Å². The number of allylic oxidation sites excluding steroid dienone is 3. The maximum atomic E-state index is 12.8. The van der Waals surface area contributed by atoms with Gasteiger partial charge in [0.25, 0.3) is 0 Å². The van der Waals surface area contributed by atoms with Gasteiger partial charge in [-0.1, -0.05) is 130 Å². The van der Waals surface area contributed by atoms with E-state index in [2.05, 4.69) is 14.0 Å². The van der Waals surface area contributed by atoms with Gasteiger partial charge in [-0.2, -0.15) is 0 Å². The minimum absolute atomic E-state index is 0. The van der Waals surface area contributed by atoms with Crippen LogP contribution in [-0.4, -0.2) is 69.1 Å². The number of fused-ring (bicyclic) bond motifs is 2. The molecule has 3 rings (SSSR count). The summed E-state index contributed by atoms with van der Waals surface area (Å²) < 4.78 is -0.848. The van der Waals surface area contributed by atoms with Gasteiger partial charge in [-0.25, -0.2) is 0 Å². The minimum Gasteiger partial charge on any atom is -1.00 e. The molecule has 0 radical (unpaired) electrons. The van der Waals surface area contributed by atoms with E-state index in [1.807, 2.05) is 4.90 Å². The zero-order valence-corrected chi connectivity index (χ0v) is 29.6. The summed E-state index contributed by atoms with van der Waals surface area (Å²) in [6.45, 7) is 5.94. The average Bonchev–Trinajstić information content (AvgIpc) is 3.09. The molecule has 1 amide bonds. The minimum atomic E-state index is -1.56. The monoisotopic (exact) mass is 726 g/mol. The molecule has 2 atom stereocenters. The van der Waals surface area contributed by atoms with Crippen molar-refractivity contribution in [1.29, 1.82) is 0 Å². The number of hydrogen-bond donors (Lipinski definition) is 0. The van der Waals surface area contributed by atoms with Crippen LogP contribution >= 0.6 is 69.6 Å². The van der Waals surface area contributed by atoms with Crippen LogP contribution < -0.4 is 17.0 Å². The van der Waals surface area contributed by atoms with E-state index in [1.165, 1.54) is 70.6 Å². The van der Waals surface area contributed by atoms with Crippen LogP contribution in [-0.2, 0) is 4.79 Å². The van der Waals surface area contributed by atoms with Gasteiger partial charge < -0.3 is 26.4 Å². The fourth-order valence-corrected chi connectivity index (χ4v) is 8.59. The molecule has 2 unspecified atom stereocenters. The third kappa shape index (κ3) is 8.00. The number of hydrogen-bond acceptors (Lipinski definition) is 1. The van der Waals surface area contributed by atoms with Crippen LogP contribution in [0.2, 0.25) is 0 Å². The lowest BCUT2D eigenvalue weighted by atomic mass is 9.99. The Morgan fingerprint density at radius 2 is 1.28 bits per heavy atom. The molecule has 0 aromatic heterocycles. The highest BCUT2D eigenvalue weighted by molar-refractivity contribution is 6.66. The second-order valence-electron chi connectivity index (χ2n) is 11.8. The normalized spacial score (nSPS) is 27.1. The first-order chi connectivity index (χ1) is 17.9. The molecule has 0 N–H and O–H groups in total. The van der Waals surface area contributed by atoms with E-state index in [-0.39, 0.29) is 33.0 Å². The summed E-state index contributed by atoms with van der Waals surface area (Å²) in [4.78, 5) is 12.2. The Labute approximate surface area is 277 Å². The van der Waals surface area contributed by atoms with Gasteiger partial charge in [-0.05, 0) is 12.5 Å². The van der Waals surface area contributed by atoms with Gasteiger partial charge >= 0.3 is 0 Å². The molecule has 3 nitrogen and oxygen atoms in total. The van der Waals surface area contributed by atoms with Gasteiger partial charge in [0, 0.05) is 12.0 Å². The van der Waals surface area contributed by atoms with Gasteiger partial charge in [-0.15, -0.1) is 23.2 Å². The molecule has 0 saturated carbocycles. The predicted molar refractivity (Wildman–Crippen MR) is 166 cm³/mol. The number of rotatable bonds is 16. The van der Waals surface area contributed by atoms with Crippen LogP contribution in [0.25, 0.3) is 0 Å². The highest BCUT2D eigenvalue weighted by Crippen LogP contribution is 2.71. The maximum Gasteiger partial charge on any atom is 0.222 e. The van der Waals surface area contributed by atoms with E-state index >= 15 is 0 Å². The fraction of sp³-hybridized carbons (Fsp3) is 0.828. The van der Waals surface area contributed by atoms with Crippen molar-refractivity contribution in [3.05, 3.63) is 21.7 Å². The van der Waals surface area contributed by atoms with Crippen LogP contribution in [0.3, 0.4) is 0 Å². The molecule has 1 heterocycles. The Hall–Kier alpha value is 1.13. The molecular formula is C29H45BrCl6N2O. The van der Waals surface area contributed by atoms with Crippen LogP contribution in [0.15, 0.2) is 21.7 Å². The Morgan fingerprint density at radius 3 is 1.72 bits per heavy atom. The largest absolute Gasteiger partial charge is 1.00 e. The standard InChI is InChI=1S/C29H45Cl6N2O.BrH/c1-3-4-5-6-7-8-9-10-11-12-13-14-15-16-24(38)36-17-19-37(2,20-18-36)22-23-21-27(32)25(30)26(31)28(23,33)29(27,34)35;/h21H,3-20,22H2,1-2H3;1H/q+1;/p-1. The molecule has 2 bridgehead atoms. The molecule has 0 aromatic carbocycles. The molecule has 0 spiro atoms. The Morgan fingerprint density at radius 1 is 0.821 bits per heavy atom. The fourth-order valence-electron chi connectivity index (χ4n) is 6.05. The number of alkyl halides is 4. The van der Waals surface area contributed by atoms with Gasteiger partial charge in [0.05, 0.1) is 43.3 Å². The van der Waals surface area contributed by atoms with E-state index in [1.54, 1.807) is 6.08 Å². The highest BCUT2D eigenvalue weighted by atomic mass is 79.9.